The van der Waals surface area contributed by atoms with Crippen LogP contribution in [0.3, 0.4) is 0 Å². The Labute approximate surface area is 109 Å². The van der Waals surface area contributed by atoms with E-state index in [1.807, 2.05) is 23.7 Å². The maximum absolute atomic E-state index is 12.1. The van der Waals surface area contributed by atoms with Crippen molar-refractivity contribution in [3.8, 4) is 0 Å². The number of nitrogens with one attached hydrogen (secondary N) is 2. The number of hydrogen-bond acceptors (Lipinski definition) is 4. The molecule has 0 spiro atoms. The highest BCUT2D eigenvalue weighted by molar-refractivity contribution is 7.16. The number of carbonyl (C=O) groups is 1. The summed E-state index contributed by atoms with van der Waals surface area (Å²) in [4.78, 5) is 16.3. The molecule has 1 aliphatic rings. The van der Waals surface area contributed by atoms with E-state index in [-0.39, 0.29) is 11.8 Å². The summed E-state index contributed by atoms with van der Waals surface area (Å²) in [7, 11) is 0. The van der Waals surface area contributed by atoms with Gasteiger partial charge in [0.05, 0.1) is 15.7 Å². The fourth-order valence-corrected chi connectivity index (χ4v) is 2.92. The van der Waals surface area contributed by atoms with E-state index >= 15 is 0 Å². The van der Waals surface area contributed by atoms with Crippen LogP contribution in [0, 0.1) is 5.92 Å². The topological polar surface area (TPSA) is 54.0 Å². The normalized spacial score (nSPS) is 16.9. The van der Waals surface area contributed by atoms with Crippen LogP contribution in [-0.2, 0) is 4.79 Å². The van der Waals surface area contributed by atoms with Crippen molar-refractivity contribution in [2.75, 3.05) is 18.4 Å². The van der Waals surface area contributed by atoms with Gasteiger partial charge in [-0.05, 0) is 44.1 Å². The summed E-state index contributed by atoms with van der Waals surface area (Å²) < 4.78 is 1.15. The molecule has 0 unspecified atom stereocenters. The van der Waals surface area contributed by atoms with Crippen molar-refractivity contribution in [3.05, 3.63) is 23.7 Å². The van der Waals surface area contributed by atoms with Crippen LogP contribution in [0.4, 0.5) is 5.69 Å². The number of anilines is 1. The minimum Gasteiger partial charge on any atom is -0.326 e. The van der Waals surface area contributed by atoms with Gasteiger partial charge in [0.2, 0.25) is 5.91 Å². The first-order chi connectivity index (χ1) is 8.83. The Kier molecular flexibility index (Phi) is 3.25. The largest absolute Gasteiger partial charge is 0.326 e. The van der Waals surface area contributed by atoms with Crippen molar-refractivity contribution in [1.29, 1.82) is 0 Å². The summed E-state index contributed by atoms with van der Waals surface area (Å²) in [5, 5.41) is 6.26. The Hall–Kier alpha value is -1.46. The molecule has 1 saturated heterocycles. The molecule has 4 nitrogen and oxygen atoms in total. The minimum atomic E-state index is 0.131. The first kappa shape index (κ1) is 11.6. The summed E-state index contributed by atoms with van der Waals surface area (Å²) in [6, 6.07) is 5.88. The molecule has 2 heterocycles. The van der Waals surface area contributed by atoms with Crippen molar-refractivity contribution in [2.24, 2.45) is 5.92 Å². The fraction of sp³-hybridized carbons (Fsp3) is 0.385. The van der Waals surface area contributed by atoms with Gasteiger partial charge in [0.15, 0.2) is 0 Å². The Morgan fingerprint density at radius 1 is 1.39 bits per heavy atom. The van der Waals surface area contributed by atoms with Crippen LogP contribution in [0.1, 0.15) is 12.8 Å². The van der Waals surface area contributed by atoms with Crippen molar-refractivity contribution in [3.63, 3.8) is 0 Å². The molecule has 0 saturated carbocycles. The Morgan fingerprint density at radius 3 is 3.06 bits per heavy atom. The molecule has 1 amide bonds. The van der Waals surface area contributed by atoms with E-state index in [1.54, 1.807) is 11.3 Å². The average molecular weight is 261 g/mol. The number of fused-ring (bicyclic) bond motifs is 1. The third-order valence-corrected chi connectivity index (χ3v) is 4.12. The van der Waals surface area contributed by atoms with Gasteiger partial charge in [-0.15, -0.1) is 11.3 Å². The number of rotatable bonds is 2. The molecule has 2 aromatic rings. The molecule has 0 bridgehead atoms. The van der Waals surface area contributed by atoms with Gasteiger partial charge in [-0.3, -0.25) is 4.79 Å². The number of piperidine rings is 1. The van der Waals surface area contributed by atoms with Gasteiger partial charge in [0.25, 0.3) is 0 Å². The quantitative estimate of drug-likeness (QED) is 0.871. The number of carbonyl (C=O) groups excluding carboxylic acids is 1. The van der Waals surface area contributed by atoms with Crippen LogP contribution in [-0.4, -0.2) is 24.0 Å². The summed E-state index contributed by atoms with van der Waals surface area (Å²) in [6.45, 7) is 1.87. The standard InChI is InChI=1S/C13H15N3OS/c17-13(9-3-5-14-6-4-9)16-10-1-2-12-11(7-10)15-8-18-12/h1-2,7-9,14H,3-6H2,(H,16,17). The predicted octanol–water partition coefficient (Wildman–Crippen LogP) is 2.23. The third kappa shape index (κ3) is 2.37. The van der Waals surface area contributed by atoms with Crippen LogP contribution in [0.25, 0.3) is 10.2 Å². The summed E-state index contributed by atoms with van der Waals surface area (Å²) in [5.74, 6) is 0.267. The summed E-state index contributed by atoms with van der Waals surface area (Å²) in [5.41, 5.74) is 3.61. The highest BCUT2D eigenvalue weighted by Gasteiger charge is 2.20. The van der Waals surface area contributed by atoms with E-state index in [4.69, 9.17) is 0 Å². The second-order valence-corrected chi connectivity index (χ2v) is 5.43. The zero-order valence-corrected chi connectivity index (χ0v) is 10.8. The third-order valence-electron chi connectivity index (χ3n) is 3.31. The lowest BCUT2D eigenvalue weighted by Crippen LogP contribution is -2.34. The average Bonchev–Trinajstić information content (AvgIpc) is 2.87. The monoisotopic (exact) mass is 261 g/mol. The van der Waals surface area contributed by atoms with Crippen LogP contribution < -0.4 is 10.6 Å². The van der Waals surface area contributed by atoms with Gasteiger partial charge >= 0.3 is 0 Å². The summed E-state index contributed by atoms with van der Waals surface area (Å²) >= 11 is 1.61. The van der Waals surface area contributed by atoms with Crippen molar-refractivity contribution >= 4 is 33.1 Å². The number of benzene rings is 1. The smallest absolute Gasteiger partial charge is 0.227 e. The zero-order valence-electron chi connectivity index (χ0n) is 9.98. The number of amides is 1. The van der Waals surface area contributed by atoms with Crippen LogP contribution in [0.15, 0.2) is 23.7 Å². The lowest BCUT2D eigenvalue weighted by molar-refractivity contribution is -0.120. The van der Waals surface area contributed by atoms with Crippen molar-refractivity contribution in [2.45, 2.75) is 12.8 Å². The second kappa shape index (κ2) is 5.04. The van der Waals surface area contributed by atoms with E-state index in [9.17, 15) is 4.79 Å². The molecule has 5 heteroatoms. The molecule has 1 aromatic heterocycles. The molecule has 0 atom stereocenters. The molecule has 3 rings (SSSR count). The molecule has 1 aliphatic heterocycles. The van der Waals surface area contributed by atoms with Crippen LogP contribution in [0.5, 0.6) is 0 Å². The lowest BCUT2D eigenvalue weighted by atomic mass is 9.97. The molecule has 0 radical (unpaired) electrons. The Morgan fingerprint density at radius 2 is 2.22 bits per heavy atom. The lowest BCUT2D eigenvalue weighted by Gasteiger charge is -2.21. The Balaban J connectivity index is 1.72. The van der Waals surface area contributed by atoms with Gasteiger partial charge in [0, 0.05) is 11.6 Å². The maximum Gasteiger partial charge on any atom is 0.227 e. The van der Waals surface area contributed by atoms with Gasteiger partial charge in [-0.25, -0.2) is 4.98 Å². The molecule has 2 N–H and O–H groups in total. The van der Waals surface area contributed by atoms with E-state index in [2.05, 4.69) is 15.6 Å². The zero-order chi connectivity index (χ0) is 12.4. The van der Waals surface area contributed by atoms with Gasteiger partial charge in [0.1, 0.15) is 0 Å². The maximum atomic E-state index is 12.1. The SMILES string of the molecule is O=C(Nc1ccc2scnc2c1)C1CCNCC1. The van der Waals surface area contributed by atoms with Gasteiger partial charge < -0.3 is 10.6 Å². The van der Waals surface area contributed by atoms with Crippen LogP contribution >= 0.6 is 11.3 Å². The molecular weight excluding hydrogens is 246 g/mol. The highest BCUT2D eigenvalue weighted by atomic mass is 32.1. The number of aromatic nitrogens is 1. The number of thiazole rings is 1. The van der Waals surface area contributed by atoms with E-state index in [1.165, 1.54) is 0 Å². The fourth-order valence-electron chi connectivity index (χ4n) is 2.26. The molecule has 1 fully saturated rings. The van der Waals surface area contributed by atoms with Gasteiger partial charge in [-0.2, -0.15) is 0 Å². The predicted molar refractivity (Wildman–Crippen MR) is 73.8 cm³/mol. The van der Waals surface area contributed by atoms with E-state index in [0.717, 1.165) is 41.8 Å². The molecule has 18 heavy (non-hydrogen) atoms. The Bertz CT molecular complexity index is 560. The molecular formula is C13H15N3OS. The molecule has 94 valence electrons. The van der Waals surface area contributed by atoms with Gasteiger partial charge in [-0.1, -0.05) is 0 Å². The highest BCUT2D eigenvalue weighted by Crippen LogP contribution is 2.22. The van der Waals surface area contributed by atoms with Crippen molar-refractivity contribution in [1.82, 2.24) is 10.3 Å². The van der Waals surface area contributed by atoms with Crippen LogP contribution in [0.2, 0.25) is 0 Å². The van der Waals surface area contributed by atoms with E-state index in [0.29, 0.717) is 0 Å². The first-order valence-electron chi connectivity index (χ1n) is 6.18. The molecule has 1 aromatic carbocycles. The van der Waals surface area contributed by atoms with Crippen molar-refractivity contribution < 1.29 is 4.79 Å². The second-order valence-electron chi connectivity index (χ2n) is 4.55. The van der Waals surface area contributed by atoms with E-state index < -0.39 is 0 Å². The minimum absolute atomic E-state index is 0.131. The molecule has 0 aliphatic carbocycles. The summed E-state index contributed by atoms with van der Waals surface area (Å²) in [6.07, 6.45) is 1.84. The number of nitrogens with zero attached hydrogens (tertiary/aromatic N) is 1. The first-order valence-corrected chi connectivity index (χ1v) is 7.06. The number of hydrogen-bond donors (Lipinski definition) is 2.